The number of hydrogen-bond donors (Lipinski definition) is 1. The number of rotatable bonds is 4. The van der Waals surface area contributed by atoms with Crippen molar-refractivity contribution in [2.24, 2.45) is 0 Å². The van der Waals surface area contributed by atoms with E-state index in [-0.39, 0.29) is 5.91 Å². The molecular formula is C24H28N2O. The Bertz CT molecular complexity index is 949. The van der Waals surface area contributed by atoms with Crippen LogP contribution in [0.1, 0.15) is 59.3 Å². The fourth-order valence-electron chi connectivity index (χ4n) is 4.28. The maximum atomic E-state index is 12.7. The molecule has 1 N–H and O–H groups in total. The van der Waals surface area contributed by atoms with Gasteiger partial charge in [-0.1, -0.05) is 49.6 Å². The average Bonchev–Trinajstić information content (AvgIpc) is 2.94. The molecule has 1 fully saturated rings. The number of hydrogen-bond acceptors (Lipinski definition) is 1. The first kappa shape index (κ1) is 17.8. The topological polar surface area (TPSA) is 34.0 Å². The number of nitrogens with zero attached hydrogens (tertiary/aromatic N) is 1. The molecule has 1 aromatic heterocycles. The minimum absolute atomic E-state index is 0.0664. The van der Waals surface area contributed by atoms with Gasteiger partial charge in [-0.05, 0) is 56.0 Å². The van der Waals surface area contributed by atoms with Gasteiger partial charge in [0.25, 0.3) is 5.91 Å². The minimum Gasteiger partial charge on any atom is -0.349 e. The molecule has 0 bridgehead atoms. The summed E-state index contributed by atoms with van der Waals surface area (Å²) in [7, 11) is 0. The number of carbonyl (C=O) groups is 1. The predicted molar refractivity (Wildman–Crippen MR) is 111 cm³/mol. The molecule has 4 rings (SSSR count). The van der Waals surface area contributed by atoms with E-state index in [4.69, 9.17) is 0 Å². The molecule has 27 heavy (non-hydrogen) atoms. The second kappa shape index (κ2) is 7.59. The van der Waals surface area contributed by atoms with Crippen LogP contribution in [0.4, 0.5) is 0 Å². The highest BCUT2D eigenvalue weighted by Crippen LogP contribution is 2.27. The van der Waals surface area contributed by atoms with Crippen LogP contribution >= 0.6 is 0 Å². The van der Waals surface area contributed by atoms with Crippen LogP contribution in [0.2, 0.25) is 0 Å². The normalized spacial score (nSPS) is 15.2. The van der Waals surface area contributed by atoms with Crippen LogP contribution in [0.15, 0.2) is 48.5 Å². The van der Waals surface area contributed by atoms with Crippen LogP contribution in [0, 0.1) is 13.8 Å². The standard InChI is InChI=1S/C24H28N2O/c1-17-18(2)26(16-19-9-5-3-6-10-19)23-14-13-20(15-22(17)23)24(27)25-21-11-7-4-8-12-21/h3,5-6,9-10,13-15,21H,4,7-8,11-12,16H2,1-2H3,(H,25,27). The van der Waals surface area contributed by atoms with Gasteiger partial charge in [0.15, 0.2) is 0 Å². The van der Waals surface area contributed by atoms with Gasteiger partial charge in [0.05, 0.1) is 0 Å². The molecule has 1 saturated carbocycles. The zero-order valence-electron chi connectivity index (χ0n) is 16.3. The maximum Gasteiger partial charge on any atom is 0.251 e. The highest BCUT2D eigenvalue weighted by Gasteiger charge is 2.18. The largest absolute Gasteiger partial charge is 0.349 e. The first-order valence-electron chi connectivity index (χ1n) is 10.1. The third-order valence-electron chi connectivity index (χ3n) is 6.03. The fourth-order valence-corrected chi connectivity index (χ4v) is 4.28. The van der Waals surface area contributed by atoms with Crippen LogP contribution in [0.5, 0.6) is 0 Å². The second-order valence-electron chi connectivity index (χ2n) is 7.82. The summed E-state index contributed by atoms with van der Waals surface area (Å²) >= 11 is 0. The van der Waals surface area contributed by atoms with Crippen molar-refractivity contribution in [2.75, 3.05) is 0 Å². The number of benzene rings is 2. The lowest BCUT2D eigenvalue weighted by atomic mass is 9.95. The molecule has 0 radical (unpaired) electrons. The van der Waals surface area contributed by atoms with Gasteiger partial charge < -0.3 is 9.88 Å². The third-order valence-corrected chi connectivity index (χ3v) is 6.03. The molecule has 3 heteroatoms. The van der Waals surface area contributed by atoms with E-state index in [1.54, 1.807) is 0 Å². The molecule has 0 saturated heterocycles. The quantitative estimate of drug-likeness (QED) is 0.667. The van der Waals surface area contributed by atoms with Gasteiger partial charge in [0.2, 0.25) is 0 Å². The number of aryl methyl sites for hydroxylation is 1. The van der Waals surface area contributed by atoms with Gasteiger partial charge >= 0.3 is 0 Å². The third kappa shape index (κ3) is 3.64. The van der Waals surface area contributed by atoms with Crippen molar-refractivity contribution < 1.29 is 4.79 Å². The molecule has 3 nitrogen and oxygen atoms in total. The van der Waals surface area contributed by atoms with Gasteiger partial charge in [-0.25, -0.2) is 0 Å². The molecule has 1 aliphatic rings. The molecule has 0 spiro atoms. The smallest absolute Gasteiger partial charge is 0.251 e. The predicted octanol–water partition coefficient (Wildman–Crippen LogP) is 5.37. The number of fused-ring (bicyclic) bond motifs is 1. The summed E-state index contributed by atoms with van der Waals surface area (Å²) in [6.07, 6.45) is 5.97. The Morgan fingerprint density at radius 2 is 1.78 bits per heavy atom. The molecule has 140 valence electrons. The SMILES string of the molecule is Cc1c(C)n(Cc2ccccc2)c2ccc(C(=O)NC3CCCCC3)cc12. The maximum absolute atomic E-state index is 12.7. The summed E-state index contributed by atoms with van der Waals surface area (Å²) < 4.78 is 2.35. The van der Waals surface area contributed by atoms with Gasteiger partial charge in [0, 0.05) is 34.7 Å². The zero-order chi connectivity index (χ0) is 18.8. The van der Waals surface area contributed by atoms with Gasteiger partial charge in [-0.2, -0.15) is 0 Å². The summed E-state index contributed by atoms with van der Waals surface area (Å²) in [6, 6.07) is 17.0. The molecule has 0 atom stereocenters. The summed E-state index contributed by atoms with van der Waals surface area (Å²) in [5, 5.41) is 4.42. The van der Waals surface area contributed by atoms with E-state index in [0.717, 1.165) is 24.9 Å². The van der Waals surface area contributed by atoms with Crippen LogP contribution < -0.4 is 5.32 Å². The molecule has 1 amide bonds. The van der Waals surface area contributed by atoms with Crippen LogP contribution in [-0.2, 0) is 6.54 Å². The fraction of sp³-hybridized carbons (Fsp3) is 0.375. The number of carbonyl (C=O) groups excluding carboxylic acids is 1. The summed E-state index contributed by atoms with van der Waals surface area (Å²) in [5.41, 5.74) is 5.78. The Morgan fingerprint density at radius 3 is 2.52 bits per heavy atom. The highest BCUT2D eigenvalue weighted by atomic mass is 16.1. The van der Waals surface area contributed by atoms with Crippen molar-refractivity contribution in [3.05, 3.63) is 70.9 Å². The molecule has 2 aromatic carbocycles. The zero-order valence-corrected chi connectivity index (χ0v) is 16.3. The monoisotopic (exact) mass is 360 g/mol. The number of nitrogens with one attached hydrogen (secondary N) is 1. The van der Waals surface area contributed by atoms with Crippen molar-refractivity contribution in [1.29, 1.82) is 0 Å². The lowest BCUT2D eigenvalue weighted by Gasteiger charge is -2.22. The molecular weight excluding hydrogens is 332 g/mol. The molecule has 0 unspecified atom stereocenters. The van der Waals surface area contributed by atoms with Gasteiger partial charge in [-0.3, -0.25) is 4.79 Å². The van der Waals surface area contributed by atoms with E-state index in [9.17, 15) is 4.79 Å². The second-order valence-corrected chi connectivity index (χ2v) is 7.82. The van der Waals surface area contributed by atoms with Crippen molar-refractivity contribution in [3.8, 4) is 0 Å². The molecule has 1 aliphatic carbocycles. The van der Waals surface area contributed by atoms with Crippen molar-refractivity contribution in [2.45, 2.75) is 58.5 Å². The van der Waals surface area contributed by atoms with Crippen LogP contribution in [0.25, 0.3) is 10.9 Å². The Kier molecular flexibility index (Phi) is 5.02. The van der Waals surface area contributed by atoms with E-state index in [1.807, 2.05) is 12.1 Å². The van der Waals surface area contributed by atoms with E-state index in [2.05, 4.69) is 60.1 Å². The lowest BCUT2D eigenvalue weighted by Crippen LogP contribution is -2.36. The summed E-state index contributed by atoms with van der Waals surface area (Å²) in [6.45, 7) is 5.17. The van der Waals surface area contributed by atoms with E-state index in [1.165, 1.54) is 47.0 Å². The van der Waals surface area contributed by atoms with Crippen molar-refractivity contribution in [3.63, 3.8) is 0 Å². The Morgan fingerprint density at radius 1 is 1.04 bits per heavy atom. The lowest BCUT2D eigenvalue weighted by molar-refractivity contribution is 0.0928. The number of aromatic nitrogens is 1. The first-order valence-corrected chi connectivity index (χ1v) is 10.1. The minimum atomic E-state index is 0.0664. The van der Waals surface area contributed by atoms with E-state index in [0.29, 0.717) is 6.04 Å². The van der Waals surface area contributed by atoms with Crippen LogP contribution in [-0.4, -0.2) is 16.5 Å². The number of amides is 1. The molecule has 1 heterocycles. The Hall–Kier alpha value is -2.55. The Balaban J connectivity index is 1.62. The van der Waals surface area contributed by atoms with Gasteiger partial charge in [0.1, 0.15) is 0 Å². The highest BCUT2D eigenvalue weighted by molar-refractivity contribution is 5.99. The van der Waals surface area contributed by atoms with Crippen LogP contribution in [0.3, 0.4) is 0 Å². The first-order chi connectivity index (χ1) is 13.1. The average molecular weight is 361 g/mol. The van der Waals surface area contributed by atoms with Gasteiger partial charge in [-0.15, -0.1) is 0 Å². The molecule has 0 aliphatic heterocycles. The molecule has 3 aromatic rings. The Labute approximate surface area is 161 Å². The summed E-state index contributed by atoms with van der Waals surface area (Å²) in [5.74, 6) is 0.0664. The summed E-state index contributed by atoms with van der Waals surface area (Å²) in [4.78, 5) is 12.7. The van der Waals surface area contributed by atoms with E-state index < -0.39 is 0 Å². The van der Waals surface area contributed by atoms with Crippen molar-refractivity contribution >= 4 is 16.8 Å². The van der Waals surface area contributed by atoms with Crippen molar-refractivity contribution in [1.82, 2.24) is 9.88 Å². The van der Waals surface area contributed by atoms with E-state index >= 15 is 0 Å².